The molecule has 0 aromatic carbocycles. The van der Waals surface area contributed by atoms with Crippen LogP contribution in [-0.2, 0) is 0 Å². The summed E-state index contributed by atoms with van der Waals surface area (Å²) in [6, 6.07) is -6.76. The van der Waals surface area contributed by atoms with E-state index in [1.807, 2.05) is 0 Å². The number of rotatable bonds is 6. The molecule has 0 fully saturated rings. The molecule has 150 valence electrons. The van der Waals surface area contributed by atoms with Crippen molar-refractivity contribution in [3.63, 3.8) is 0 Å². The van der Waals surface area contributed by atoms with Crippen molar-refractivity contribution in [3.8, 4) is 0 Å². The molecule has 0 aliphatic heterocycles. The van der Waals surface area contributed by atoms with Crippen LogP contribution >= 0.6 is 0 Å². The van der Waals surface area contributed by atoms with E-state index in [-0.39, 0.29) is 0 Å². The van der Waals surface area contributed by atoms with Crippen LogP contribution in [0.2, 0.25) is 0 Å². The summed E-state index contributed by atoms with van der Waals surface area (Å²) in [4.78, 5) is 8.48. The summed E-state index contributed by atoms with van der Waals surface area (Å²) in [5, 5.41) is 8.18. The molecule has 0 radical (unpaired) electrons. The third kappa shape index (κ3) is 3.02. The van der Waals surface area contributed by atoms with Crippen molar-refractivity contribution < 1.29 is 67.0 Å². The fourth-order valence-electron chi connectivity index (χ4n) is 1.38. The van der Waals surface area contributed by atoms with E-state index in [1.165, 1.54) is 0 Å². The van der Waals surface area contributed by atoms with Crippen LogP contribution in [-0.4, -0.2) is 58.6 Å². The van der Waals surface area contributed by atoms with Crippen molar-refractivity contribution in [1.29, 1.82) is 0 Å². The van der Waals surface area contributed by atoms with Gasteiger partial charge in [-0.15, -0.1) is 0 Å². The first-order chi connectivity index (χ1) is 10.6. The van der Waals surface area contributed by atoms with Crippen LogP contribution in [0.25, 0.3) is 0 Å². The van der Waals surface area contributed by atoms with Gasteiger partial charge in [0.25, 0.3) is 0 Å². The number of hydrogen-bond donors (Lipinski definition) is 1. The SMILES string of the molecule is CCN(C(=O)O)C(F)(F)C(F)(F)C(F)(F)C(F)(F)C(F)(F)C(F)(F)F. The Morgan fingerprint density at radius 2 is 1.04 bits per heavy atom. The fraction of sp³-hybridized carbons (Fsp3) is 0.889. The Labute approximate surface area is 129 Å². The van der Waals surface area contributed by atoms with Gasteiger partial charge in [0.05, 0.1) is 0 Å². The summed E-state index contributed by atoms with van der Waals surface area (Å²) in [7, 11) is 0. The van der Waals surface area contributed by atoms with E-state index in [9.17, 15) is 61.9 Å². The maximum Gasteiger partial charge on any atom is 0.460 e. The molecule has 0 bridgehead atoms. The number of carbonyl (C=O) groups is 1. The predicted octanol–water partition coefficient (Wildman–Crippen LogP) is 4.68. The molecule has 3 nitrogen and oxygen atoms in total. The van der Waals surface area contributed by atoms with E-state index in [0.29, 0.717) is 6.92 Å². The van der Waals surface area contributed by atoms with Crippen molar-refractivity contribution in [2.75, 3.05) is 6.54 Å². The quantitative estimate of drug-likeness (QED) is 0.513. The highest BCUT2D eigenvalue weighted by atomic mass is 19.4. The van der Waals surface area contributed by atoms with Gasteiger partial charge >= 0.3 is 42.0 Å². The van der Waals surface area contributed by atoms with Crippen LogP contribution in [0, 0.1) is 0 Å². The van der Waals surface area contributed by atoms with Crippen molar-refractivity contribution >= 4 is 6.09 Å². The maximum absolute atomic E-state index is 13.3. The Morgan fingerprint density at radius 1 is 0.720 bits per heavy atom. The minimum absolute atomic E-state index is 0.346. The smallest absolute Gasteiger partial charge is 0.460 e. The molecule has 0 aromatic heterocycles. The number of halogens is 13. The van der Waals surface area contributed by atoms with Crippen molar-refractivity contribution in [2.24, 2.45) is 0 Å². The summed E-state index contributed by atoms with van der Waals surface area (Å²) < 4.78 is 165. The van der Waals surface area contributed by atoms with E-state index in [1.54, 1.807) is 0 Å². The molecule has 0 saturated carbocycles. The van der Waals surface area contributed by atoms with Crippen LogP contribution in [0.3, 0.4) is 0 Å². The van der Waals surface area contributed by atoms with E-state index in [4.69, 9.17) is 5.11 Å². The molecule has 0 atom stereocenters. The summed E-state index contributed by atoms with van der Waals surface area (Å²) in [5.74, 6) is -31.6. The highest BCUT2D eigenvalue weighted by Gasteiger charge is 2.91. The minimum Gasteiger partial charge on any atom is -0.465 e. The molecule has 25 heavy (non-hydrogen) atoms. The highest BCUT2D eigenvalue weighted by Crippen LogP contribution is 2.60. The number of carboxylic acid groups (broad SMARTS) is 1. The van der Waals surface area contributed by atoms with Gasteiger partial charge < -0.3 is 5.11 Å². The molecular weight excluding hydrogens is 401 g/mol. The third-order valence-corrected chi connectivity index (χ3v) is 2.80. The van der Waals surface area contributed by atoms with E-state index < -0.39 is 53.5 Å². The highest BCUT2D eigenvalue weighted by molar-refractivity contribution is 5.65. The Kier molecular flexibility index (Phi) is 5.57. The van der Waals surface area contributed by atoms with Gasteiger partial charge in [-0.1, -0.05) is 0 Å². The topological polar surface area (TPSA) is 40.5 Å². The standard InChI is InChI=1S/C9H6F13NO2/c1-2-23(3(24)25)9(21,22)7(16,17)5(12,13)4(10,11)6(14,15)8(18,19)20/h2H2,1H3,(H,24,25). The monoisotopic (exact) mass is 407 g/mol. The van der Waals surface area contributed by atoms with Crippen LogP contribution in [0.5, 0.6) is 0 Å². The second kappa shape index (κ2) is 5.96. The third-order valence-electron chi connectivity index (χ3n) is 2.80. The van der Waals surface area contributed by atoms with Crippen LogP contribution in [0.15, 0.2) is 0 Å². The largest absolute Gasteiger partial charge is 0.465 e. The van der Waals surface area contributed by atoms with Crippen LogP contribution in [0.1, 0.15) is 6.92 Å². The molecule has 0 aliphatic carbocycles. The lowest BCUT2D eigenvalue weighted by molar-refractivity contribution is -0.448. The van der Waals surface area contributed by atoms with E-state index >= 15 is 0 Å². The summed E-state index contributed by atoms with van der Waals surface area (Å²) in [6.07, 6.45) is -10.6. The molecule has 16 heteroatoms. The Morgan fingerprint density at radius 3 is 1.28 bits per heavy atom. The van der Waals surface area contributed by atoms with Gasteiger partial charge in [0.15, 0.2) is 0 Å². The summed E-state index contributed by atoms with van der Waals surface area (Å²) in [6.45, 7) is -1.38. The zero-order valence-electron chi connectivity index (χ0n) is 11.4. The van der Waals surface area contributed by atoms with Gasteiger partial charge in [0.2, 0.25) is 0 Å². The molecule has 0 spiro atoms. The van der Waals surface area contributed by atoms with Crippen LogP contribution < -0.4 is 0 Å². The van der Waals surface area contributed by atoms with Crippen LogP contribution in [0.4, 0.5) is 61.9 Å². The molecule has 1 amide bonds. The molecule has 0 unspecified atom stereocenters. The van der Waals surface area contributed by atoms with Gasteiger partial charge in [-0.25, -0.2) is 9.69 Å². The van der Waals surface area contributed by atoms with Crippen molar-refractivity contribution in [1.82, 2.24) is 4.90 Å². The summed E-state index contributed by atoms with van der Waals surface area (Å²) in [5.41, 5.74) is 0. The lowest BCUT2D eigenvalue weighted by Gasteiger charge is -2.41. The predicted molar refractivity (Wildman–Crippen MR) is 51.2 cm³/mol. The van der Waals surface area contributed by atoms with E-state index in [2.05, 4.69) is 0 Å². The molecule has 0 aliphatic rings. The Hall–Kier alpha value is -1.64. The molecule has 0 aromatic rings. The Bertz CT molecular complexity index is 512. The lowest BCUT2D eigenvalue weighted by atomic mass is 9.96. The second-order valence-electron chi connectivity index (χ2n) is 4.36. The molecule has 1 N–H and O–H groups in total. The zero-order valence-corrected chi connectivity index (χ0v) is 11.4. The molecular formula is C9H6F13NO2. The average molecular weight is 407 g/mol. The summed E-state index contributed by atoms with van der Waals surface area (Å²) >= 11 is 0. The average Bonchev–Trinajstić information content (AvgIpc) is 2.36. The second-order valence-corrected chi connectivity index (χ2v) is 4.36. The zero-order chi connectivity index (χ0) is 20.9. The normalized spacial score (nSPS) is 15.3. The van der Waals surface area contributed by atoms with Gasteiger partial charge in [0, 0.05) is 6.54 Å². The Balaban J connectivity index is 6.43. The van der Waals surface area contributed by atoms with Crippen molar-refractivity contribution in [2.45, 2.75) is 42.8 Å². The fourth-order valence-corrected chi connectivity index (χ4v) is 1.38. The first-order valence-electron chi connectivity index (χ1n) is 5.61. The number of amides is 1. The molecule has 0 saturated heterocycles. The first-order valence-corrected chi connectivity index (χ1v) is 5.61. The van der Waals surface area contributed by atoms with Gasteiger partial charge in [0.1, 0.15) is 0 Å². The molecule has 0 heterocycles. The van der Waals surface area contributed by atoms with Gasteiger partial charge in [-0.05, 0) is 6.92 Å². The van der Waals surface area contributed by atoms with E-state index in [0.717, 1.165) is 0 Å². The lowest BCUT2D eigenvalue weighted by Crippen LogP contribution is -2.72. The van der Waals surface area contributed by atoms with Crippen molar-refractivity contribution in [3.05, 3.63) is 0 Å². The number of alkyl halides is 13. The maximum atomic E-state index is 13.3. The first kappa shape index (κ1) is 23.4. The molecule has 0 rings (SSSR count). The number of hydrogen-bond acceptors (Lipinski definition) is 1. The van der Waals surface area contributed by atoms with Gasteiger partial charge in [-0.2, -0.15) is 57.1 Å². The number of nitrogens with zero attached hydrogens (tertiary/aromatic N) is 1. The van der Waals surface area contributed by atoms with Gasteiger partial charge in [-0.3, -0.25) is 0 Å². The minimum atomic E-state index is -8.05.